The molecule has 2 bridgehead atoms. The topological polar surface area (TPSA) is 124 Å². The van der Waals surface area contributed by atoms with Gasteiger partial charge in [-0.15, -0.1) is 5.10 Å². The van der Waals surface area contributed by atoms with Gasteiger partial charge in [-0.3, -0.25) is 4.79 Å². The number of hydrogen-bond acceptors (Lipinski definition) is 5. The Kier molecular flexibility index (Phi) is 5.52. The number of nitrogens with zero attached hydrogens (tertiary/aromatic N) is 3. The van der Waals surface area contributed by atoms with E-state index in [1.165, 1.54) is 0 Å². The largest absolute Gasteiger partial charge is 0.378 e. The number of hydrogen-bond donors (Lipinski definition) is 3. The van der Waals surface area contributed by atoms with Gasteiger partial charge in [0.05, 0.1) is 24.4 Å². The predicted octanol–water partition coefficient (Wildman–Crippen LogP) is -0.0188. The number of primary amides is 1. The van der Waals surface area contributed by atoms with Crippen molar-refractivity contribution in [3.63, 3.8) is 0 Å². The third-order valence-electron chi connectivity index (χ3n) is 5.08. The number of rotatable bonds is 7. The molecule has 2 fully saturated rings. The van der Waals surface area contributed by atoms with E-state index in [-0.39, 0.29) is 17.9 Å². The van der Waals surface area contributed by atoms with Gasteiger partial charge in [0.1, 0.15) is 0 Å². The minimum atomic E-state index is -0.551. The van der Waals surface area contributed by atoms with E-state index in [9.17, 15) is 9.59 Å². The molecule has 0 radical (unpaired) electrons. The van der Waals surface area contributed by atoms with Crippen LogP contribution >= 0.6 is 0 Å². The van der Waals surface area contributed by atoms with E-state index >= 15 is 0 Å². The van der Waals surface area contributed by atoms with Crippen LogP contribution in [0.25, 0.3) is 0 Å². The molecular weight excluding hydrogens is 324 g/mol. The molecule has 1 aromatic rings. The molecule has 1 aromatic heterocycles. The van der Waals surface area contributed by atoms with Gasteiger partial charge in [-0.2, -0.15) is 0 Å². The lowest BCUT2D eigenvalue weighted by molar-refractivity contribution is -0.127. The van der Waals surface area contributed by atoms with E-state index in [4.69, 9.17) is 10.5 Å². The van der Waals surface area contributed by atoms with Crippen molar-refractivity contribution in [1.82, 2.24) is 25.6 Å². The molecule has 2 aliphatic rings. The first kappa shape index (κ1) is 17.7. The Balaban J connectivity index is 1.44. The summed E-state index contributed by atoms with van der Waals surface area (Å²) in [6.45, 7) is 3.63. The van der Waals surface area contributed by atoms with Crippen LogP contribution in [0, 0.1) is 11.8 Å². The quantitative estimate of drug-likeness (QED) is 0.637. The molecule has 0 spiro atoms. The lowest BCUT2D eigenvalue weighted by atomic mass is 9.80. The standard InChI is InChI=1S/C16H26N6O3/c1-10(22-8-12(20-21-22)4-5-18-16(17)24)7-19-15(23)14-3-2-13-6-11(14)9-25-13/h8,10-11,13-14H,2-7,9H2,1H3,(H,19,23)(H3,17,18,24)/t10-,11-,13+,14-/m1/s1. The van der Waals surface area contributed by atoms with Gasteiger partial charge in [-0.25, -0.2) is 9.48 Å². The van der Waals surface area contributed by atoms with Crippen molar-refractivity contribution in [3.8, 4) is 0 Å². The van der Waals surface area contributed by atoms with E-state index in [1.54, 1.807) is 4.68 Å². The highest BCUT2D eigenvalue weighted by Crippen LogP contribution is 2.37. The highest BCUT2D eigenvalue weighted by Gasteiger charge is 2.40. The maximum absolute atomic E-state index is 12.5. The third kappa shape index (κ3) is 4.47. The molecule has 1 saturated heterocycles. The van der Waals surface area contributed by atoms with Crippen molar-refractivity contribution < 1.29 is 14.3 Å². The van der Waals surface area contributed by atoms with E-state index < -0.39 is 6.03 Å². The zero-order valence-electron chi connectivity index (χ0n) is 14.5. The number of nitrogens with one attached hydrogen (secondary N) is 2. The van der Waals surface area contributed by atoms with Crippen LogP contribution in [0.15, 0.2) is 6.20 Å². The molecule has 9 heteroatoms. The maximum atomic E-state index is 12.5. The van der Waals surface area contributed by atoms with Crippen LogP contribution in [0.2, 0.25) is 0 Å². The summed E-state index contributed by atoms with van der Waals surface area (Å²) in [7, 11) is 0. The summed E-state index contributed by atoms with van der Waals surface area (Å²) < 4.78 is 7.40. The summed E-state index contributed by atoms with van der Waals surface area (Å²) in [5, 5.41) is 13.7. The van der Waals surface area contributed by atoms with Crippen molar-refractivity contribution in [1.29, 1.82) is 0 Å². The second-order valence-electron chi connectivity index (χ2n) is 6.96. The number of nitrogens with two attached hydrogens (primary N) is 1. The number of fused-ring (bicyclic) bond motifs is 2. The number of urea groups is 1. The van der Waals surface area contributed by atoms with Gasteiger partial charge < -0.3 is 21.1 Å². The molecule has 4 atom stereocenters. The van der Waals surface area contributed by atoms with Crippen molar-refractivity contribution in [2.45, 2.75) is 44.8 Å². The summed E-state index contributed by atoms with van der Waals surface area (Å²) in [5.41, 5.74) is 5.79. The molecule has 1 aliphatic carbocycles. The average molecular weight is 350 g/mol. The molecule has 1 aliphatic heterocycles. The van der Waals surface area contributed by atoms with Gasteiger partial charge in [-0.05, 0) is 32.1 Å². The van der Waals surface area contributed by atoms with Gasteiger partial charge in [0.15, 0.2) is 0 Å². The van der Waals surface area contributed by atoms with Crippen LogP contribution in [0.1, 0.15) is 37.9 Å². The summed E-state index contributed by atoms with van der Waals surface area (Å²) in [5.74, 6) is 0.550. The first-order valence-electron chi connectivity index (χ1n) is 8.86. The fourth-order valence-electron chi connectivity index (χ4n) is 3.59. The summed E-state index contributed by atoms with van der Waals surface area (Å²) in [6, 6.07) is -0.546. The van der Waals surface area contributed by atoms with Crippen LogP contribution in [0.4, 0.5) is 4.79 Å². The van der Waals surface area contributed by atoms with Crippen molar-refractivity contribution >= 4 is 11.9 Å². The highest BCUT2D eigenvalue weighted by atomic mass is 16.5. The van der Waals surface area contributed by atoms with E-state index in [2.05, 4.69) is 20.9 Å². The molecule has 138 valence electrons. The third-order valence-corrected chi connectivity index (χ3v) is 5.08. The SMILES string of the molecule is C[C@H](CNC(=O)[C@@H]1CC[C@H]2C[C@@H]1CO2)n1cc(CCNC(N)=O)nn1. The molecular formula is C16H26N6O3. The molecule has 0 aromatic carbocycles. The van der Waals surface area contributed by atoms with E-state index in [0.717, 1.165) is 25.0 Å². The highest BCUT2D eigenvalue weighted by molar-refractivity contribution is 5.79. The van der Waals surface area contributed by atoms with Crippen LogP contribution in [0.3, 0.4) is 0 Å². The van der Waals surface area contributed by atoms with Gasteiger partial charge in [0, 0.05) is 31.6 Å². The van der Waals surface area contributed by atoms with Gasteiger partial charge in [-0.1, -0.05) is 5.21 Å². The average Bonchev–Trinajstić information content (AvgIpc) is 3.20. The Bertz CT molecular complexity index is 619. The monoisotopic (exact) mass is 350 g/mol. The Morgan fingerprint density at radius 2 is 2.28 bits per heavy atom. The van der Waals surface area contributed by atoms with Crippen molar-refractivity contribution in [2.75, 3.05) is 19.7 Å². The molecule has 1 saturated carbocycles. The van der Waals surface area contributed by atoms with E-state index in [1.807, 2.05) is 13.1 Å². The number of carbonyl (C=O) groups is 2. The Hall–Kier alpha value is -2.16. The minimum absolute atomic E-state index is 0.00506. The number of aromatic nitrogens is 3. The first-order valence-corrected chi connectivity index (χ1v) is 8.86. The maximum Gasteiger partial charge on any atom is 0.312 e. The summed E-state index contributed by atoms with van der Waals surface area (Å²) in [6.07, 6.45) is 5.67. The predicted molar refractivity (Wildman–Crippen MR) is 89.6 cm³/mol. The molecule has 2 heterocycles. The summed E-state index contributed by atoms with van der Waals surface area (Å²) >= 11 is 0. The zero-order chi connectivity index (χ0) is 17.8. The molecule has 4 N–H and O–H groups in total. The molecule has 9 nitrogen and oxygen atoms in total. The van der Waals surface area contributed by atoms with Crippen LogP contribution in [0.5, 0.6) is 0 Å². The normalized spacial score (nSPS) is 26.2. The molecule has 25 heavy (non-hydrogen) atoms. The zero-order valence-corrected chi connectivity index (χ0v) is 14.5. The fraction of sp³-hybridized carbons (Fsp3) is 0.750. The lowest BCUT2D eigenvalue weighted by Gasteiger charge is -2.26. The Labute approximate surface area is 146 Å². The summed E-state index contributed by atoms with van der Waals surface area (Å²) in [4.78, 5) is 23.1. The Morgan fingerprint density at radius 3 is 3.08 bits per heavy atom. The molecule has 3 amide bonds. The number of ether oxygens (including phenoxy) is 1. The first-order chi connectivity index (χ1) is 12.0. The number of amides is 3. The van der Waals surface area contributed by atoms with Crippen molar-refractivity contribution in [3.05, 3.63) is 11.9 Å². The van der Waals surface area contributed by atoms with Crippen LogP contribution in [-0.2, 0) is 16.0 Å². The Morgan fingerprint density at radius 1 is 1.44 bits per heavy atom. The minimum Gasteiger partial charge on any atom is -0.378 e. The smallest absolute Gasteiger partial charge is 0.312 e. The lowest BCUT2D eigenvalue weighted by Crippen LogP contribution is -2.39. The molecule has 0 unspecified atom stereocenters. The van der Waals surface area contributed by atoms with Crippen molar-refractivity contribution in [2.24, 2.45) is 17.6 Å². The van der Waals surface area contributed by atoms with Crippen LogP contribution < -0.4 is 16.4 Å². The number of carbonyl (C=O) groups excluding carboxylic acids is 2. The molecule has 3 rings (SSSR count). The second kappa shape index (κ2) is 7.81. The van der Waals surface area contributed by atoms with Crippen LogP contribution in [-0.4, -0.2) is 52.7 Å². The van der Waals surface area contributed by atoms with Gasteiger partial charge in [0.25, 0.3) is 0 Å². The van der Waals surface area contributed by atoms with Gasteiger partial charge >= 0.3 is 6.03 Å². The second-order valence-corrected chi connectivity index (χ2v) is 6.96. The fourth-order valence-corrected chi connectivity index (χ4v) is 3.59. The van der Waals surface area contributed by atoms with E-state index in [0.29, 0.717) is 38.1 Å². The van der Waals surface area contributed by atoms with Gasteiger partial charge in [0.2, 0.25) is 5.91 Å².